The Morgan fingerprint density at radius 2 is 2.21 bits per heavy atom. The highest BCUT2D eigenvalue weighted by Gasteiger charge is 2.10. The van der Waals surface area contributed by atoms with Crippen LogP contribution in [0.25, 0.3) is 0 Å². The molecule has 1 aliphatic heterocycles. The van der Waals surface area contributed by atoms with Gasteiger partial charge < -0.3 is 14.8 Å². The number of aryl methyl sites for hydroxylation is 2. The Balaban J connectivity index is 1.66. The number of nitrogens with one attached hydrogen (secondary N) is 1. The zero-order valence-electron chi connectivity index (χ0n) is 11.9. The molecule has 3 nitrogen and oxygen atoms in total. The molecule has 106 valence electrons. The molecule has 1 aromatic carbocycles. The Labute approximate surface area is 116 Å². The molecule has 2 rings (SSSR count). The second-order valence-electron chi connectivity index (χ2n) is 5.09. The fourth-order valence-corrected chi connectivity index (χ4v) is 2.45. The van der Waals surface area contributed by atoms with Crippen molar-refractivity contribution >= 4 is 0 Å². The first-order chi connectivity index (χ1) is 9.40. The van der Waals surface area contributed by atoms with Crippen LogP contribution in [0.15, 0.2) is 18.2 Å². The van der Waals surface area contributed by atoms with Gasteiger partial charge in [0.15, 0.2) is 0 Å². The Bertz CT molecular complexity index is 379. The van der Waals surface area contributed by atoms with Crippen molar-refractivity contribution in [2.75, 3.05) is 33.4 Å². The fourth-order valence-electron chi connectivity index (χ4n) is 2.45. The Morgan fingerprint density at radius 1 is 1.26 bits per heavy atom. The zero-order chi connectivity index (χ0) is 13.3. The molecule has 3 heteroatoms. The predicted octanol–water partition coefficient (Wildman–Crippen LogP) is 2.57. The number of benzene rings is 1. The lowest BCUT2D eigenvalue weighted by Gasteiger charge is -2.17. The first kappa shape index (κ1) is 14.4. The van der Waals surface area contributed by atoms with Crippen molar-refractivity contribution < 1.29 is 9.47 Å². The van der Waals surface area contributed by atoms with Gasteiger partial charge in [-0.1, -0.05) is 12.1 Å². The van der Waals surface area contributed by atoms with E-state index in [4.69, 9.17) is 9.47 Å². The monoisotopic (exact) mass is 263 g/mol. The van der Waals surface area contributed by atoms with Gasteiger partial charge in [0.05, 0.1) is 13.2 Å². The van der Waals surface area contributed by atoms with Gasteiger partial charge in [0, 0.05) is 13.7 Å². The molecule has 1 N–H and O–H groups in total. The summed E-state index contributed by atoms with van der Waals surface area (Å²) in [7, 11) is 1.74. The normalized spacial score (nSPS) is 13.9. The number of methoxy groups -OCH3 is 1. The van der Waals surface area contributed by atoms with Gasteiger partial charge in [-0.2, -0.15) is 0 Å². The maximum absolute atomic E-state index is 5.64. The van der Waals surface area contributed by atoms with E-state index in [2.05, 4.69) is 23.5 Å². The lowest BCUT2D eigenvalue weighted by molar-refractivity contribution is 0.199. The minimum Gasteiger partial charge on any atom is -0.493 e. The van der Waals surface area contributed by atoms with E-state index in [-0.39, 0.29) is 0 Å². The number of hydrogen-bond acceptors (Lipinski definition) is 3. The standard InChI is InChI=1S/C16H25NO2/c1-18-12-10-17-9-3-2-5-14-7-8-16-15(13-14)6-4-11-19-16/h7-8,13,17H,2-6,9-12H2,1H3. The Morgan fingerprint density at radius 3 is 3.11 bits per heavy atom. The molecule has 1 aromatic rings. The highest BCUT2D eigenvalue weighted by molar-refractivity contribution is 5.38. The van der Waals surface area contributed by atoms with Gasteiger partial charge in [-0.05, 0) is 55.8 Å². The van der Waals surface area contributed by atoms with Crippen molar-refractivity contribution in [3.05, 3.63) is 29.3 Å². The van der Waals surface area contributed by atoms with E-state index < -0.39 is 0 Å². The van der Waals surface area contributed by atoms with E-state index in [0.717, 1.165) is 38.5 Å². The third-order valence-electron chi connectivity index (χ3n) is 3.52. The lowest BCUT2D eigenvalue weighted by atomic mass is 10.0. The largest absolute Gasteiger partial charge is 0.493 e. The van der Waals surface area contributed by atoms with Crippen LogP contribution in [0.4, 0.5) is 0 Å². The highest BCUT2D eigenvalue weighted by atomic mass is 16.5. The van der Waals surface area contributed by atoms with Crippen LogP contribution >= 0.6 is 0 Å². The summed E-state index contributed by atoms with van der Waals surface area (Å²) < 4.78 is 10.6. The number of fused-ring (bicyclic) bond motifs is 1. The highest BCUT2D eigenvalue weighted by Crippen LogP contribution is 2.25. The van der Waals surface area contributed by atoms with E-state index in [1.165, 1.54) is 36.8 Å². The first-order valence-corrected chi connectivity index (χ1v) is 7.34. The molecule has 0 atom stereocenters. The van der Waals surface area contributed by atoms with E-state index in [1.54, 1.807) is 7.11 Å². The van der Waals surface area contributed by atoms with E-state index in [0.29, 0.717) is 0 Å². The van der Waals surface area contributed by atoms with Gasteiger partial charge in [0.1, 0.15) is 5.75 Å². The van der Waals surface area contributed by atoms with Crippen LogP contribution < -0.4 is 10.1 Å². The van der Waals surface area contributed by atoms with Crippen LogP contribution in [-0.4, -0.2) is 33.4 Å². The van der Waals surface area contributed by atoms with Crippen LogP contribution in [0.5, 0.6) is 5.75 Å². The molecule has 0 aromatic heterocycles. The number of ether oxygens (including phenoxy) is 2. The van der Waals surface area contributed by atoms with Crippen LogP contribution in [0, 0.1) is 0 Å². The molecule has 0 saturated carbocycles. The molecule has 0 radical (unpaired) electrons. The summed E-state index contributed by atoms with van der Waals surface area (Å²) in [5, 5.41) is 3.38. The lowest BCUT2D eigenvalue weighted by Crippen LogP contribution is -2.20. The van der Waals surface area contributed by atoms with Gasteiger partial charge in [0.25, 0.3) is 0 Å². The molecule has 1 heterocycles. The quantitative estimate of drug-likeness (QED) is 0.731. The second-order valence-corrected chi connectivity index (χ2v) is 5.09. The van der Waals surface area contributed by atoms with Crippen molar-refractivity contribution in [2.24, 2.45) is 0 Å². The van der Waals surface area contributed by atoms with Gasteiger partial charge in [-0.25, -0.2) is 0 Å². The van der Waals surface area contributed by atoms with Gasteiger partial charge in [0.2, 0.25) is 0 Å². The number of hydrogen-bond donors (Lipinski definition) is 1. The second kappa shape index (κ2) is 8.18. The van der Waals surface area contributed by atoms with Gasteiger partial charge in [-0.15, -0.1) is 0 Å². The van der Waals surface area contributed by atoms with E-state index >= 15 is 0 Å². The van der Waals surface area contributed by atoms with Crippen molar-refractivity contribution in [3.63, 3.8) is 0 Å². The van der Waals surface area contributed by atoms with Crippen LogP contribution in [0.1, 0.15) is 30.4 Å². The summed E-state index contributed by atoms with van der Waals surface area (Å²) in [4.78, 5) is 0. The number of unbranched alkanes of at least 4 members (excludes halogenated alkanes) is 1. The molecule has 0 amide bonds. The summed E-state index contributed by atoms with van der Waals surface area (Å²) in [6, 6.07) is 6.68. The topological polar surface area (TPSA) is 30.5 Å². The SMILES string of the molecule is COCCNCCCCc1ccc2c(c1)CCCO2. The molecule has 0 aliphatic carbocycles. The molecule has 0 bridgehead atoms. The summed E-state index contributed by atoms with van der Waals surface area (Å²) >= 11 is 0. The smallest absolute Gasteiger partial charge is 0.122 e. The molecule has 0 fully saturated rings. The van der Waals surface area contributed by atoms with Gasteiger partial charge in [-0.3, -0.25) is 0 Å². The van der Waals surface area contributed by atoms with Crippen LogP contribution in [0.2, 0.25) is 0 Å². The maximum atomic E-state index is 5.64. The minimum atomic E-state index is 0.796. The third kappa shape index (κ3) is 4.84. The van der Waals surface area contributed by atoms with Gasteiger partial charge >= 0.3 is 0 Å². The molecular weight excluding hydrogens is 238 g/mol. The molecule has 1 aliphatic rings. The molecule has 0 unspecified atom stereocenters. The first-order valence-electron chi connectivity index (χ1n) is 7.34. The summed E-state index contributed by atoms with van der Waals surface area (Å²) in [5.74, 6) is 1.09. The average Bonchev–Trinajstić information content (AvgIpc) is 2.46. The molecule has 0 saturated heterocycles. The summed E-state index contributed by atoms with van der Waals surface area (Å²) in [6.45, 7) is 3.70. The summed E-state index contributed by atoms with van der Waals surface area (Å²) in [5.41, 5.74) is 2.84. The number of rotatable bonds is 8. The van der Waals surface area contributed by atoms with Crippen LogP contribution in [-0.2, 0) is 17.6 Å². The van der Waals surface area contributed by atoms with Crippen molar-refractivity contribution in [1.82, 2.24) is 5.32 Å². The maximum Gasteiger partial charge on any atom is 0.122 e. The molecular formula is C16H25NO2. The Kier molecular flexibility index (Phi) is 6.18. The Hall–Kier alpha value is -1.06. The van der Waals surface area contributed by atoms with Crippen molar-refractivity contribution in [2.45, 2.75) is 32.1 Å². The predicted molar refractivity (Wildman–Crippen MR) is 77.9 cm³/mol. The zero-order valence-corrected chi connectivity index (χ0v) is 11.9. The summed E-state index contributed by atoms with van der Waals surface area (Å²) in [6.07, 6.45) is 5.94. The minimum absolute atomic E-state index is 0.796. The molecule has 0 spiro atoms. The third-order valence-corrected chi connectivity index (χ3v) is 3.52. The van der Waals surface area contributed by atoms with E-state index in [9.17, 15) is 0 Å². The average molecular weight is 263 g/mol. The van der Waals surface area contributed by atoms with Crippen molar-refractivity contribution in [1.29, 1.82) is 0 Å². The fraction of sp³-hybridized carbons (Fsp3) is 0.625. The van der Waals surface area contributed by atoms with E-state index in [1.807, 2.05) is 0 Å². The van der Waals surface area contributed by atoms with Crippen molar-refractivity contribution in [3.8, 4) is 5.75 Å². The van der Waals surface area contributed by atoms with Crippen LogP contribution in [0.3, 0.4) is 0 Å². The molecule has 19 heavy (non-hydrogen) atoms.